The fraction of sp³-hybridized carbons (Fsp3) is 0.440. The molecular formula is C25H26F5N5O2S. The van der Waals surface area contributed by atoms with Crippen molar-refractivity contribution < 1.29 is 31.5 Å². The number of ether oxygens (including phenoxy) is 1. The minimum atomic E-state index is -4.71. The van der Waals surface area contributed by atoms with Gasteiger partial charge in [-0.25, -0.2) is 18.7 Å². The number of halogens is 5. The lowest BCUT2D eigenvalue weighted by atomic mass is 9.88. The van der Waals surface area contributed by atoms with Gasteiger partial charge in [0, 0.05) is 19.2 Å². The molecule has 1 amide bonds. The van der Waals surface area contributed by atoms with E-state index in [9.17, 15) is 26.7 Å². The number of aryl methyl sites for hydroxylation is 2. The molecule has 0 radical (unpaired) electrons. The van der Waals surface area contributed by atoms with Crippen molar-refractivity contribution in [3.8, 4) is 16.3 Å². The van der Waals surface area contributed by atoms with Crippen molar-refractivity contribution in [1.82, 2.24) is 19.9 Å². The smallest absolute Gasteiger partial charge is 0.423 e. The van der Waals surface area contributed by atoms with E-state index in [0.29, 0.717) is 16.1 Å². The van der Waals surface area contributed by atoms with E-state index < -0.39 is 54.4 Å². The summed E-state index contributed by atoms with van der Waals surface area (Å²) in [6, 6.07) is 6.75. The third-order valence-corrected chi connectivity index (χ3v) is 7.33. The molecular weight excluding hydrogens is 529 g/mol. The molecule has 13 heteroatoms. The number of amides is 1. The minimum absolute atomic E-state index is 0.0690. The molecule has 4 rings (SSSR count). The highest BCUT2D eigenvalue weighted by molar-refractivity contribution is 7.15. The van der Waals surface area contributed by atoms with Crippen LogP contribution in [-0.2, 0) is 6.18 Å². The molecule has 1 unspecified atom stereocenters. The van der Waals surface area contributed by atoms with Crippen LogP contribution in [0.15, 0.2) is 30.5 Å². The van der Waals surface area contributed by atoms with Crippen LogP contribution in [0.3, 0.4) is 0 Å². The highest BCUT2D eigenvalue weighted by Crippen LogP contribution is 2.38. The summed E-state index contributed by atoms with van der Waals surface area (Å²) < 4.78 is 73.5. The second-order valence-corrected chi connectivity index (χ2v) is 10.5. The van der Waals surface area contributed by atoms with Crippen LogP contribution in [0.5, 0.6) is 5.88 Å². The third kappa shape index (κ3) is 5.87. The molecule has 2 atom stereocenters. The van der Waals surface area contributed by atoms with Crippen molar-refractivity contribution in [1.29, 1.82) is 0 Å². The molecule has 2 aromatic heterocycles. The Morgan fingerprint density at radius 1 is 1.21 bits per heavy atom. The van der Waals surface area contributed by atoms with Crippen LogP contribution in [0.4, 0.5) is 27.9 Å². The average Bonchev–Trinajstić information content (AvgIpc) is 3.23. The van der Waals surface area contributed by atoms with Crippen LogP contribution in [0, 0.1) is 19.8 Å². The van der Waals surface area contributed by atoms with Gasteiger partial charge in [0.15, 0.2) is 0 Å². The van der Waals surface area contributed by atoms with E-state index >= 15 is 0 Å². The predicted molar refractivity (Wildman–Crippen MR) is 133 cm³/mol. The highest BCUT2D eigenvalue weighted by Gasteiger charge is 2.47. The Morgan fingerprint density at radius 2 is 1.89 bits per heavy atom. The van der Waals surface area contributed by atoms with Gasteiger partial charge in [0.1, 0.15) is 11.3 Å². The lowest BCUT2D eigenvalue weighted by Crippen LogP contribution is -2.57. The summed E-state index contributed by atoms with van der Waals surface area (Å²) in [6.07, 6.45) is -4.58. The summed E-state index contributed by atoms with van der Waals surface area (Å²) in [5.74, 6) is -5.26. The number of hydrogen-bond donors (Lipinski definition) is 1. The molecule has 1 saturated heterocycles. The normalized spacial score (nSPS) is 19.3. The van der Waals surface area contributed by atoms with Gasteiger partial charge in [-0.05, 0) is 25.3 Å². The Balaban J connectivity index is 1.63. The summed E-state index contributed by atoms with van der Waals surface area (Å²) >= 11 is 1.30. The van der Waals surface area contributed by atoms with Crippen molar-refractivity contribution in [3.05, 3.63) is 52.3 Å². The molecule has 3 aromatic rings. The van der Waals surface area contributed by atoms with Crippen molar-refractivity contribution in [2.75, 3.05) is 25.5 Å². The number of rotatable bonds is 6. The summed E-state index contributed by atoms with van der Waals surface area (Å²) in [7, 11) is 1.05. The molecule has 0 spiro atoms. The number of hydrogen-bond acceptors (Lipinski definition) is 7. The van der Waals surface area contributed by atoms with Crippen LogP contribution in [0.2, 0.25) is 0 Å². The first-order valence-corrected chi connectivity index (χ1v) is 12.6. The van der Waals surface area contributed by atoms with E-state index in [1.165, 1.54) is 11.3 Å². The lowest BCUT2D eigenvalue weighted by Gasteiger charge is -2.43. The number of carbonyl (C=O) groups is 1. The van der Waals surface area contributed by atoms with Gasteiger partial charge in [-0.1, -0.05) is 36.8 Å². The number of carbonyl (C=O) groups excluding carboxylic acids is 1. The van der Waals surface area contributed by atoms with E-state index in [2.05, 4.69) is 20.3 Å². The number of likely N-dealkylation sites (tertiary alicyclic amines) is 1. The van der Waals surface area contributed by atoms with Gasteiger partial charge < -0.3 is 15.0 Å². The third-order valence-electron chi connectivity index (χ3n) is 6.31. The molecule has 0 aliphatic carbocycles. The second-order valence-electron chi connectivity index (χ2n) is 9.31. The zero-order valence-electron chi connectivity index (χ0n) is 21.1. The number of piperidine rings is 1. The van der Waals surface area contributed by atoms with Gasteiger partial charge in [-0.2, -0.15) is 18.2 Å². The van der Waals surface area contributed by atoms with Crippen molar-refractivity contribution in [2.45, 2.75) is 45.3 Å². The van der Waals surface area contributed by atoms with E-state index in [4.69, 9.17) is 4.74 Å². The number of alkyl halides is 5. The number of aromatic nitrogens is 3. The molecule has 1 aliphatic heterocycles. The number of benzene rings is 1. The molecule has 38 heavy (non-hydrogen) atoms. The molecule has 1 N–H and O–H groups in total. The molecule has 204 valence electrons. The van der Waals surface area contributed by atoms with E-state index in [0.717, 1.165) is 23.1 Å². The molecule has 0 saturated carbocycles. The number of nitrogens with zero attached hydrogens (tertiary/aromatic N) is 4. The van der Waals surface area contributed by atoms with E-state index in [1.54, 1.807) is 13.8 Å². The van der Waals surface area contributed by atoms with Crippen LogP contribution in [-0.4, -0.2) is 57.9 Å². The summed E-state index contributed by atoms with van der Waals surface area (Å²) in [5.41, 5.74) is 0.719. The van der Waals surface area contributed by atoms with Crippen LogP contribution in [0.1, 0.15) is 40.0 Å². The Morgan fingerprint density at radius 3 is 2.53 bits per heavy atom. The van der Waals surface area contributed by atoms with Gasteiger partial charge in [-0.3, -0.25) is 4.79 Å². The zero-order valence-corrected chi connectivity index (χ0v) is 21.9. The molecule has 3 heterocycles. The summed E-state index contributed by atoms with van der Waals surface area (Å²) in [5, 5.41) is 3.41. The maximum Gasteiger partial charge on any atom is 0.423 e. The topological polar surface area (TPSA) is 80.2 Å². The molecule has 7 nitrogen and oxygen atoms in total. The number of anilines is 1. The van der Waals surface area contributed by atoms with Gasteiger partial charge >= 0.3 is 6.18 Å². The lowest BCUT2D eigenvalue weighted by molar-refractivity contribution is -0.139. The number of nitrogens with one attached hydrogen (secondary N) is 1. The Bertz CT molecular complexity index is 1310. The van der Waals surface area contributed by atoms with E-state index in [-0.39, 0.29) is 18.2 Å². The van der Waals surface area contributed by atoms with Crippen LogP contribution in [0.25, 0.3) is 10.4 Å². The minimum Gasteiger partial charge on any atom is -0.480 e. The molecule has 1 fully saturated rings. The Hall–Kier alpha value is -3.35. The molecule has 1 aliphatic rings. The molecule has 1 aromatic carbocycles. The fourth-order valence-corrected chi connectivity index (χ4v) is 5.40. The summed E-state index contributed by atoms with van der Waals surface area (Å²) in [6.45, 7) is 4.38. The Kier molecular flexibility index (Phi) is 7.60. The first kappa shape index (κ1) is 27.7. The number of thiazole rings is 1. The van der Waals surface area contributed by atoms with E-state index in [1.807, 2.05) is 31.2 Å². The number of methoxy groups -OCH3 is 1. The monoisotopic (exact) mass is 555 g/mol. The SMILES string of the molecule is COc1nc(NCC2[C@H](C)CC(F)(F)CN2C(=O)c2nc(C)sc2-c2ccc(C)cc2)ncc1C(F)(F)F. The van der Waals surface area contributed by atoms with Crippen molar-refractivity contribution in [3.63, 3.8) is 0 Å². The largest absolute Gasteiger partial charge is 0.480 e. The van der Waals surface area contributed by atoms with Gasteiger partial charge in [-0.15, -0.1) is 11.3 Å². The predicted octanol–water partition coefficient (Wildman–Crippen LogP) is 5.84. The summed E-state index contributed by atoms with van der Waals surface area (Å²) in [4.78, 5) is 27.2. The quantitative estimate of drug-likeness (QED) is 0.385. The highest BCUT2D eigenvalue weighted by atomic mass is 32.1. The van der Waals surface area contributed by atoms with Gasteiger partial charge in [0.2, 0.25) is 11.8 Å². The second kappa shape index (κ2) is 10.4. The maximum atomic E-state index is 14.7. The standard InChI is InChI=1S/C25H26F5N5O2S/c1-13-5-7-16(8-6-13)20-19(33-15(3)38-20)22(36)35-12-24(26,27)9-14(2)18(35)11-32-23-31-10-17(25(28,29)30)21(34-23)37-4/h5-8,10,14,18H,9,11-12H2,1-4H3,(H,31,32,34)/t14-,18?/m1/s1. The molecule has 0 bridgehead atoms. The first-order chi connectivity index (χ1) is 17.8. The Labute approximate surface area is 220 Å². The zero-order chi connectivity index (χ0) is 27.8. The van der Waals surface area contributed by atoms with Gasteiger partial charge in [0.05, 0.1) is 29.6 Å². The van der Waals surface area contributed by atoms with Crippen LogP contribution >= 0.6 is 11.3 Å². The first-order valence-electron chi connectivity index (χ1n) is 11.7. The van der Waals surface area contributed by atoms with Gasteiger partial charge in [0.25, 0.3) is 11.8 Å². The fourth-order valence-electron chi connectivity index (χ4n) is 4.48. The van der Waals surface area contributed by atoms with Crippen LogP contribution < -0.4 is 10.1 Å². The van der Waals surface area contributed by atoms with Crippen molar-refractivity contribution >= 4 is 23.2 Å². The maximum absolute atomic E-state index is 14.7. The average molecular weight is 556 g/mol. The van der Waals surface area contributed by atoms with Crippen molar-refractivity contribution in [2.24, 2.45) is 5.92 Å².